The molecule has 1 aromatic carbocycles. The second kappa shape index (κ2) is 15.9. The molecule has 0 unspecified atom stereocenters. The minimum absolute atomic E-state index is 0.658. The van der Waals surface area contributed by atoms with E-state index < -0.39 is 0 Å². The van der Waals surface area contributed by atoms with Crippen molar-refractivity contribution in [2.75, 3.05) is 13.2 Å². The summed E-state index contributed by atoms with van der Waals surface area (Å²) >= 11 is 0. The number of rotatable bonds is 16. The standard InChI is InChI=1S/C26H38O2/c1-5-9-11-13-15-17-19-27-25-21-23(7-3)22-26(24(25)8-4)28-20-18-16-14-12-10-6-2/h3-4,21-22H,5-6,9-20H2,1-2H3. The van der Waals surface area contributed by atoms with Crippen molar-refractivity contribution in [1.82, 2.24) is 0 Å². The molecule has 154 valence electrons. The fourth-order valence-corrected chi connectivity index (χ4v) is 3.17. The van der Waals surface area contributed by atoms with Crippen molar-refractivity contribution in [3.8, 4) is 36.2 Å². The van der Waals surface area contributed by atoms with Crippen LogP contribution in [0.3, 0.4) is 0 Å². The molecule has 0 heterocycles. The highest BCUT2D eigenvalue weighted by Crippen LogP contribution is 2.30. The van der Waals surface area contributed by atoms with E-state index in [2.05, 4.69) is 25.7 Å². The van der Waals surface area contributed by atoms with Gasteiger partial charge in [-0.25, -0.2) is 0 Å². The Morgan fingerprint density at radius 1 is 0.643 bits per heavy atom. The van der Waals surface area contributed by atoms with Gasteiger partial charge >= 0.3 is 0 Å². The summed E-state index contributed by atoms with van der Waals surface area (Å²) in [5.74, 6) is 6.76. The van der Waals surface area contributed by atoms with Crippen molar-refractivity contribution in [1.29, 1.82) is 0 Å². The molecule has 0 saturated carbocycles. The lowest BCUT2D eigenvalue weighted by Gasteiger charge is -2.14. The first kappa shape index (κ1) is 24.0. The zero-order chi connectivity index (χ0) is 20.5. The molecule has 0 fully saturated rings. The zero-order valence-electron chi connectivity index (χ0n) is 18.0. The van der Waals surface area contributed by atoms with Crippen LogP contribution < -0.4 is 9.47 Å². The summed E-state index contributed by atoms with van der Waals surface area (Å²) in [6, 6.07) is 3.70. The maximum atomic E-state index is 5.97. The van der Waals surface area contributed by atoms with Gasteiger partial charge in [-0.15, -0.1) is 12.8 Å². The van der Waals surface area contributed by atoms with E-state index in [1.165, 1.54) is 64.2 Å². The fraction of sp³-hybridized carbons (Fsp3) is 0.615. The monoisotopic (exact) mass is 382 g/mol. The first-order valence-corrected chi connectivity index (χ1v) is 11.1. The average Bonchev–Trinajstić information content (AvgIpc) is 2.72. The van der Waals surface area contributed by atoms with Crippen LogP contribution in [0.4, 0.5) is 0 Å². The van der Waals surface area contributed by atoms with E-state index in [1.54, 1.807) is 0 Å². The third kappa shape index (κ3) is 9.75. The summed E-state index contributed by atoms with van der Waals surface area (Å²) in [6.07, 6.45) is 26.1. The summed E-state index contributed by atoms with van der Waals surface area (Å²) in [4.78, 5) is 0. The quantitative estimate of drug-likeness (QED) is 0.224. The highest BCUT2D eigenvalue weighted by molar-refractivity contribution is 5.59. The van der Waals surface area contributed by atoms with Gasteiger partial charge in [0.25, 0.3) is 0 Å². The Bertz CT molecular complexity index is 579. The Hall–Kier alpha value is -2.06. The SMILES string of the molecule is C#Cc1cc(OCCCCCCCC)c(C#C)c(OCCCCCCCC)c1. The topological polar surface area (TPSA) is 18.5 Å². The van der Waals surface area contributed by atoms with E-state index in [0.29, 0.717) is 30.3 Å². The summed E-state index contributed by atoms with van der Waals surface area (Å²) in [5.41, 5.74) is 1.42. The Labute approximate surface area is 173 Å². The van der Waals surface area contributed by atoms with Crippen LogP contribution >= 0.6 is 0 Å². The number of hydrogen-bond acceptors (Lipinski definition) is 2. The van der Waals surface area contributed by atoms with Gasteiger partial charge in [-0.3, -0.25) is 0 Å². The second-order valence-electron chi connectivity index (χ2n) is 7.37. The molecule has 0 saturated heterocycles. The third-order valence-electron chi connectivity index (χ3n) is 4.89. The lowest BCUT2D eigenvalue weighted by molar-refractivity contribution is 0.288. The van der Waals surface area contributed by atoms with E-state index in [1.807, 2.05) is 12.1 Å². The van der Waals surface area contributed by atoms with Crippen LogP contribution in [0.1, 0.15) is 102 Å². The van der Waals surface area contributed by atoms with E-state index in [0.717, 1.165) is 18.4 Å². The molecule has 0 bridgehead atoms. The van der Waals surface area contributed by atoms with Crippen LogP contribution in [0.25, 0.3) is 0 Å². The maximum absolute atomic E-state index is 5.97. The molecule has 0 aliphatic rings. The molecule has 0 N–H and O–H groups in total. The normalized spacial score (nSPS) is 10.3. The van der Waals surface area contributed by atoms with Gasteiger partial charge in [0.15, 0.2) is 0 Å². The summed E-state index contributed by atoms with van der Waals surface area (Å²) in [5, 5.41) is 0. The van der Waals surface area contributed by atoms with Crippen molar-refractivity contribution in [3.05, 3.63) is 23.3 Å². The molecule has 0 aromatic heterocycles. The molecule has 2 heteroatoms. The molecule has 0 aliphatic carbocycles. The van der Waals surface area contributed by atoms with E-state index >= 15 is 0 Å². The molecule has 2 nitrogen and oxygen atoms in total. The largest absolute Gasteiger partial charge is 0.492 e. The van der Waals surface area contributed by atoms with Gasteiger partial charge in [0, 0.05) is 5.56 Å². The van der Waals surface area contributed by atoms with Crippen LogP contribution in [0.5, 0.6) is 11.5 Å². The second-order valence-corrected chi connectivity index (χ2v) is 7.37. The van der Waals surface area contributed by atoms with Crippen LogP contribution in [-0.4, -0.2) is 13.2 Å². The smallest absolute Gasteiger partial charge is 0.139 e. The third-order valence-corrected chi connectivity index (χ3v) is 4.89. The summed E-state index contributed by atoms with van der Waals surface area (Å²) in [6.45, 7) is 5.78. The molecular weight excluding hydrogens is 344 g/mol. The Kier molecular flexibility index (Phi) is 13.7. The number of terminal acetylenes is 2. The molecule has 0 spiro atoms. The van der Waals surface area contributed by atoms with Crippen LogP contribution in [0.2, 0.25) is 0 Å². The summed E-state index contributed by atoms with van der Waals surface area (Å²) < 4.78 is 11.9. The Balaban J connectivity index is 2.54. The maximum Gasteiger partial charge on any atom is 0.139 e. The minimum Gasteiger partial charge on any atom is -0.492 e. The first-order chi connectivity index (χ1) is 13.8. The number of benzene rings is 1. The van der Waals surface area contributed by atoms with Gasteiger partial charge in [0.05, 0.1) is 13.2 Å². The van der Waals surface area contributed by atoms with Crippen LogP contribution in [-0.2, 0) is 0 Å². The zero-order valence-corrected chi connectivity index (χ0v) is 18.0. The Morgan fingerprint density at radius 3 is 1.46 bits per heavy atom. The molecule has 0 radical (unpaired) electrons. The number of unbranched alkanes of at least 4 members (excludes halogenated alkanes) is 10. The minimum atomic E-state index is 0.658. The lowest BCUT2D eigenvalue weighted by Crippen LogP contribution is -2.04. The van der Waals surface area contributed by atoms with Gasteiger partial charge in [-0.05, 0) is 25.0 Å². The first-order valence-electron chi connectivity index (χ1n) is 11.1. The predicted octanol–water partition coefficient (Wildman–Crippen LogP) is 7.13. The average molecular weight is 383 g/mol. The molecule has 1 rings (SSSR count). The van der Waals surface area contributed by atoms with Crippen LogP contribution in [0, 0.1) is 24.7 Å². The van der Waals surface area contributed by atoms with Gasteiger partial charge in [0.2, 0.25) is 0 Å². The number of hydrogen-bond donors (Lipinski definition) is 0. The molecular formula is C26H38O2. The highest BCUT2D eigenvalue weighted by Gasteiger charge is 2.11. The van der Waals surface area contributed by atoms with Crippen molar-refractivity contribution < 1.29 is 9.47 Å². The highest BCUT2D eigenvalue weighted by atomic mass is 16.5. The lowest BCUT2D eigenvalue weighted by atomic mass is 10.1. The van der Waals surface area contributed by atoms with Crippen molar-refractivity contribution >= 4 is 0 Å². The van der Waals surface area contributed by atoms with Gasteiger partial charge in [-0.1, -0.05) is 89.9 Å². The predicted molar refractivity (Wildman–Crippen MR) is 120 cm³/mol. The van der Waals surface area contributed by atoms with E-state index in [-0.39, 0.29) is 0 Å². The van der Waals surface area contributed by atoms with Crippen LogP contribution in [0.15, 0.2) is 12.1 Å². The van der Waals surface area contributed by atoms with Gasteiger partial charge < -0.3 is 9.47 Å². The van der Waals surface area contributed by atoms with Gasteiger partial charge in [-0.2, -0.15) is 0 Å². The Morgan fingerprint density at radius 2 is 1.07 bits per heavy atom. The van der Waals surface area contributed by atoms with Crippen molar-refractivity contribution in [2.45, 2.75) is 90.9 Å². The molecule has 28 heavy (non-hydrogen) atoms. The van der Waals surface area contributed by atoms with Gasteiger partial charge in [0.1, 0.15) is 17.1 Å². The fourth-order valence-electron chi connectivity index (χ4n) is 3.17. The molecule has 0 aliphatic heterocycles. The van der Waals surface area contributed by atoms with Crippen molar-refractivity contribution in [3.63, 3.8) is 0 Å². The molecule has 0 atom stereocenters. The number of ether oxygens (including phenoxy) is 2. The summed E-state index contributed by atoms with van der Waals surface area (Å²) in [7, 11) is 0. The van der Waals surface area contributed by atoms with E-state index in [9.17, 15) is 0 Å². The van der Waals surface area contributed by atoms with E-state index in [4.69, 9.17) is 22.3 Å². The molecule has 0 amide bonds. The van der Waals surface area contributed by atoms with Crippen molar-refractivity contribution in [2.24, 2.45) is 0 Å². The molecule has 1 aromatic rings.